The van der Waals surface area contributed by atoms with Crippen molar-refractivity contribution in [2.45, 2.75) is 26.4 Å². The molecule has 0 fully saturated rings. The Morgan fingerprint density at radius 2 is 1.59 bits per heavy atom. The molecule has 2 amide bonds. The molecule has 5 nitrogen and oxygen atoms in total. The summed E-state index contributed by atoms with van der Waals surface area (Å²) in [4.78, 5) is 31.4. The van der Waals surface area contributed by atoms with Gasteiger partial charge in [0.2, 0.25) is 0 Å². The summed E-state index contributed by atoms with van der Waals surface area (Å²) < 4.78 is 13.8. The summed E-state index contributed by atoms with van der Waals surface area (Å²) in [5, 5.41) is 2.48. The molecule has 0 aliphatic rings. The van der Waals surface area contributed by atoms with E-state index in [0.717, 1.165) is 5.56 Å². The maximum atomic E-state index is 13.8. The van der Waals surface area contributed by atoms with Crippen molar-refractivity contribution in [1.82, 2.24) is 9.88 Å². The average Bonchev–Trinajstić information content (AvgIpc) is 2.74. The smallest absolute Gasteiger partial charge is 0.274 e. The van der Waals surface area contributed by atoms with E-state index < -0.39 is 11.7 Å². The molecule has 0 saturated heterocycles. The molecule has 0 atom stereocenters. The van der Waals surface area contributed by atoms with Gasteiger partial charge in [-0.2, -0.15) is 0 Å². The van der Waals surface area contributed by atoms with Crippen molar-refractivity contribution in [1.29, 1.82) is 0 Å². The SMILES string of the molecule is CC(C)N(Cc1ccccc1)C(=O)c1cccc(C(=O)Nc2ccccc2F)n1. The number of aromatic nitrogens is 1. The quantitative estimate of drug-likeness (QED) is 0.672. The Labute approximate surface area is 169 Å². The predicted octanol–water partition coefficient (Wildman–Crippen LogP) is 4.52. The second kappa shape index (κ2) is 9.10. The molecular formula is C23H22FN3O2. The maximum Gasteiger partial charge on any atom is 0.274 e. The molecular weight excluding hydrogens is 369 g/mol. The van der Waals surface area contributed by atoms with Crippen molar-refractivity contribution in [2.24, 2.45) is 0 Å². The molecule has 0 aliphatic carbocycles. The number of para-hydroxylation sites is 1. The summed E-state index contributed by atoms with van der Waals surface area (Å²) in [6.45, 7) is 4.29. The number of carbonyl (C=O) groups is 2. The zero-order chi connectivity index (χ0) is 20.8. The van der Waals surface area contributed by atoms with E-state index in [1.165, 1.54) is 24.3 Å². The molecule has 0 radical (unpaired) electrons. The van der Waals surface area contributed by atoms with Gasteiger partial charge in [0.1, 0.15) is 17.2 Å². The van der Waals surface area contributed by atoms with Gasteiger partial charge in [-0.05, 0) is 43.7 Å². The summed E-state index contributed by atoms with van der Waals surface area (Å²) in [5.74, 6) is -1.39. The van der Waals surface area contributed by atoms with Crippen LogP contribution in [-0.2, 0) is 6.54 Å². The number of nitrogens with one attached hydrogen (secondary N) is 1. The van der Waals surface area contributed by atoms with Gasteiger partial charge in [-0.15, -0.1) is 0 Å². The number of hydrogen-bond acceptors (Lipinski definition) is 3. The molecule has 0 bridgehead atoms. The van der Waals surface area contributed by atoms with Crippen LogP contribution in [0.2, 0.25) is 0 Å². The van der Waals surface area contributed by atoms with Crippen LogP contribution in [-0.4, -0.2) is 27.7 Å². The number of hydrogen-bond donors (Lipinski definition) is 1. The number of nitrogens with zero attached hydrogens (tertiary/aromatic N) is 2. The van der Waals surface area contributed by atoms with Crippen LogP contribution in [0.4, 0.5) is 10.1 Å². The van der Waals surface area contributed by atoms with Gasteiger partial charge in [0.25, 0.3) is 11.8 Å². The van der Waals surface area contributed by atoms with Crippen LogP contribution >= 0.6 is 0 Å². The number of amides is 2. The number of rotatable bonds is 6. The fourth-order valence-corrected chi connectivity index (χ4v) is 2.85. The first kappa shape index (κ1) is 20.2. The first-order valence-corrected chi connectivity index (χ1v) is 9.33. The summed E-state index contributed by atoms with van der Waals surface area (Å²) in [5.41, 5.74) is 1.27. The van der Waals surface area contributed by atoms with Gasteiger partial charge < -0.3 is 10.2 Å². The maximum absolute atomic E-state index is 13.8. The number of carbonyl (C=O) groups excluding carboxylic acids is 2. The Kier molecular flexibility index (Phi) is 6.34. The normalized spacial score (nSPS) is 10.6. The Bertz CT molecular complexity index is 1010. The zero-order valence-electron chi connectivity index (χ0n) is 16.3. The average molecular weight is 391 g/mol. The zero-order valence-corrected chi connectivity index (χ0v) is 16.3. The monoisotopic (exact) mass is 391 g/mol. The van der Waals surface area contributed by atoms with Crippen LogP contribution < -0.4 is 5.32 Å². The highest BCUT2D eigenvalue weighted by molar-refractivity contribution is 6.03. The Morgan fingerprint density at radius 1 is 0.931 bits per heavy atom. The van der Waals surface area contributed by atoms with Gasteiger partial charge in [0.15, 0.2) is 0 Å². The summed E-state index contributed by atoms with van der Waals surface area (Å²) in [7, 11) is 0. The van der Waals surface area contributed by atoms with Crippen molar-refractivity contribution in [3.63, 3.8) is 0 Å². The minimum atomic E-state index is -0.580. The standard InChI is InChI=1S/C23H22FN3O2/c1-16(2)27(15-17-9-4-3-5-10-17)23(29)21-14-8-13-20(25-21)22(28)26-19-12-7-6-11-18(19)24/h3-14,16H,15H2,1-2H3,(H,26,28). The van der Waals surface area contributed by atoms with E-state index in [-0.39, 0.29) is 29.0 Å². The number of pyridine rings is 1. The fraction of sp³-hybridized carbons (Fsp3) is 0.174. The lowest BCUT2D eigenvalue weighted by Gasteiger charge is -2.26. The van der Waals surface area contributed by atoms with E-state index in [9.17, 15) is 14.0 Å². The highest BCUT2D eigenvalue weighted by Crippen LogP contribution is 2.15. The van der Waals surface area contributed by atoms with E-state index >= 15 is 0 Å². The molecule has 3 aromatic rings. The van der Waals surface area contributed by atoms with Gasteiger partial charge in [0, 0.05) is 12.6 Å². The number of anilines is 1. The second-order valence-corrected chi connectivity index (χ2v) is 6.85. The molecule has 0 spiro atoms. The molecule has 148 valence electrons. The van der Waals surface area contributed by atoms with Gasteiger partial charge >= 0.3 is 0 Å². The van der Waals surface area contributed by atoms with Crippen LogP contribution in [0.5, 0.6) is 0 Å². The lowest BCUT2D eigenvalue weighted by Crippen LogP contribution is -2.37. The molecule has 29 heavy (non-hydrogen) atoms. The van der Waals surface area contributed by atoms with Gasteiger partial charge in [-0.3, -0.25) is 9.59 Å². The summed E-state index contributed by atoms with van der Waals surface area (Å²) >= 11 is 0. The lowest BCUT2D eigenvalue weighted by atomic mass is 10.1. The largest absolute Gasteiger partial charge is 0.331 e. The fourth-order valence-electron chi connectivity index (χ4n) is 2.85. The number of halogens is 1. The lowest BCUT2D eigenvalue weighted by molar-refractivity contribution is 0.0684. The van der Waals surface area contributed by atoms with Crippen LogP contribution in [0, 0.1) is 5.82 Å². The molecule has 3 rings (SSSR count). The highest BCUT2D eigenvalue weighted by Gasteiger charge is 2.21. The van der Waals surface area contributed by atoms with Gasteiger partial charge in [-0.25, -0.2) is 9.37 Å². The van der Waals surface area contributed by atoms with Crippen molar-refractivity contribution in [2.75, 3.05) is 5.32 Å². The van der Waals surface area contributed by atoms with Crippen LogP contribution in [0.25, 0.3) is 0 Å². The molecule has 0 unspecified atom stereocenters. The molecule has 0 saturated carbocycles. The molecule has 2 aromatic carbocycles. The van der Waals surface area contributed by atoms with E-state index in [0.29, 0.717) is 6.54 Å². The van der Waals surface area contributed by atoms with E-state index in [2.05, 4.69) is 10.3 Å². The number of benzene rings is 2. The first-order chi connectivity index (χ1) is 14.0. The topological polar surface area (TPSA) is 62.3 Å². The summed E-state index contributed by atoms with van der Waals surface area (Å²) in [6, 6.07) is 20.1. The van der Waals surface area contributed by atoms with Crippen molar-refractivity contribution < 1.29 is 14.0 Å². The Balaban J connectivity index is 1.80. The molecule has 1 N–H and O–H groups in total. The second-order valence-electron chi connectivity index (χ2n) is 6.85. The Morgan fingerprint density at radius 3 is 2.28 bits per heavy atom. The van der Waals surface area contributed by atoms with Gasteiger partial charge in [0.05, 0.1) is 5.69 Å². The third-order valence-electron chi connectivity index (χ3n) is 4.40. The minimum Gasteiger partial charge on any atom is -0.331 e. The van der Waals surface area contributed by atoms with Crippen LogP contribution in [0.1, 0.15) is 40.4 Å². The molecule has 1 aromatic heterocycles. The molecule has 6 heteroatoms. The van der Waals surface area contributed by atoms with E-state index in [4.69, 9.17) is 0 Å². The first-order valence-electron chi connectivity index (χ1n) is 9.33. The van der Waals surface area contributed by atoms with E-state index in [1.807, 2.05) is 44.2 Å². The highest BCUT2D eigenvalue weighted by atomic mass is 19.1. The van der Waals surface area contributed by atoms with Gasteiger partial charge in [-0.1, -0.05) is 48.5 Å². The van der Waals surface area contributed by atoms with Crippen molar-refractivity contribution >= 4 is 17.5 Å². The Hall–Kier alpha value is -3.54. The van der Waals surface area contributed by atoms with E-state index in [1.54, 1.807) is 23.1 Å². The molecule has 1 heterocycles. The third kappa shape index (κ3) is 5.04. The van der Waals surface area contributed by atoms with Crippen LogP contribution in [0.15, 0.2) is 72.8 Å². The van der Waals surface area contributed by atoms with Crippen molar-refractivity contribution in [3.05, 3.63) is 95.6 Å². The molecule has 0 aliphatic heterocycles. The van der Waals surface area contributed by atoms with Crippen LogP contribution in [0.3, 0.4) is 0 Å². The van der Waals surface area contributed by atoms with Crippen molar-refractivity contribution in [3.8, 4) is 0 Å². The predicted molar refractivity (Wildman–Crippen MR) is 110 cm³/mol. The summed E-state index contributed by atoms with van der Waals surface area (Å²) in [6.07, 6.45) is 0. The third-order valence-corrected chi connectivity index (χ3v) is 4.40. The minimum absolute atomic E-state index is 0.0440.